The number of aromatic nitrogens is 1. The van der Waals surface area contributed by atoms with Crippen LogP contribution >= 0.6 is 0 Å². The fraction of sp³-hybridized carbons (Fsp3) is 0.214. The molecular formula is C14H13N3. The number of hydrogen-bond acceptors (Lipinski definition) is 3. The van der Waals surface area contributed by atoms with Crippen LogP contribution in [0.2, 0.25) is 0 Å². The molecule has 0 bridgehead atoms. The Kier molecular flexibility index (Phi) is 2.66. The van der Waals surface area contributed by atoms with E-state index in [4.69, 9.17) is 0 Å². The minimum absolute atomic E-state index is 0.117. The van der Waals surface area contributed by atoms with E-state index in [9.17, 15) is 0 Å². The summed E-state index contributed by atoms with van der Waals surface area (Å²) in [5, 5.41) is 8.54. The third kappa shape index (κ3) is 1.96. The van der Waals surface area contributed by atoms with Crippen molar-refractivity contribution in [3.8, 4) is 0 Å². The van der Waals surface area contributed by atoms with E-state index in [1.165, 1.54) is 5.56 Å². The number of hydrogen-bond donors (Lipinski definition) is 0. The van der Waals surface area contributed by atoms with Crippen LogP contribution in [0.25, 0.3) is 0 Å². The summed E-state index contributed by atoms with van der Waals surface area (Å²) in [5.41, 5.74) is 2.44. The molecular weight excluding hydrogens is 210 g/mol. The first kappa shape index (κ1) is 10.1. The third-order valence-corrected chi connectivity index (χ3v) is 3.12. The Balaban J connectivity index is 1.93. The molecule has 1 aliphatic heterocycles. The number of benzene rings is 1. The highest BCUT2D eigenvalue weighted by Gasteiger charge is 2.28. The molecule has 0 radical (unpaired) electrons. The van der Waals surface area contributed by atoms with Crippen molar-refractivity contribution in [1.29, 1.82) is 0 Å². The number of nitrogens with zero attached hydrogens (tertiary/aromatic N) is 3. The van der Waals surface area contributed by atoms with E-state index >= 15 is 0 Å². The summed E-state index contributed by atoms with van der Waals surface area (Å²) in [4.78, 5) is 4.16. The maximum Gasteiger partial charge on any atom is 0.106 e. The molecule has 1 aromatic carbocycles. The third-order valence-electron chi connectivity index (χ3n) is 3.12. The second kappa shape index (κ2) is 4.45. The number of rotatable bonds is 2. The first-order valence-electron chi connectivity index (χ1n) is 5.76. The SMILES string of the molecule is c1ccc(C2CN=NC2c2cccnc2)cc1. The zero-order chi connectivity index (χ0) is 11.5. The Hall–Kier alpha value is -2.03. The maximum atomic E-state index is 4.35. The Morgan fingerprint density at radius 1 is 0.941 bits per heavy atom. The number of pyridine rings is 1. The minimum Gasteiger partial charge on any atom is -0.264 e. The van der Waals surface area contributed by atoms with Gasteiger partial charge in [0.1, 0.15) is 6.04 Å². The second-order valence-electron chi connectivity index (χ2n) is 4.19. The molecule has 2 heterocycles. The van der Waals surface area contributed by atoms with Gasteiger partial charge in [-0.3, -0.25) is 4.98 Å². The van der Waals surface area contributed by atoms with Crippen molar-refractivity contribution in [2.45, 2.75) is 12.0 Å². The van der Waals surface area contributed by atoms with E-state index in [0.717, 1.165) is 12.1 Å². The Bertz CT molecular complexity index is 508. The van der Waals surface area contributed by atoms with E-state index < -0.39 is 0 Å². The molecule has 0 aliphatic carbocycles. The van der Waals surface area contributed by atoms with Crippen molar-refractivity contribution in [2.75, 3.05) is 6.54 Å². The summed E-state index contributed by atoms with van der Waals surface area (Å²) in [5.74, 6) is 0.348. The lowest BCUT2D eigenvalue weighted by molar-refractivity contribution is 0.633. The summed E-state index contributed by atoms with van der Waals surface area (Å²) < 4.78 is 0. The molecule has 1 aliphatic rings. The van der Waals surface area contributed by atoms with Gasteiger partial charge in [0.25, 0.3) is 0 Å². The van der Waals surface area contributed by atoms with E-state index in [0.29, 0.717) is 5.92 Å². The quantitative estimate of drug-likeness (QED) is 0.769. The van der Waals surface area contributed by atoms with E-state index in [-0.39, 0.29) is 6.04 Å². The van der Waals surface area contributed by atoms with Gasteiger partial charge in [-0.15, -0.1) is 0 Å². The Labute approximate surface area is 100 Å². The minimum atomic E-state index is 0.117. The van der Waals surface area contributed by atoms with Crippen LogP contribution in [0.15, 0.2) is 65.1 Å². The largest absolute Gasteiger partial charge is 0.264 e. The molecule has 1 aromatic heterocycles. The first-order valence-corrected chi connectivity index (χ1v) is 5.76. The van der Waals surface area contributed by atoms with Gasteiger partial charge in [-0.25, -0.2) is 0 Å². The molecule has 0 fully saturated rings. The van der Waals surface area contributed by atoms with Crippen molar-refractivity contribution < 1.29 is 0 Å². The van der Waals surface area contributed by atoms with Gasteiger partial charge in [0.2, 0.25) is 0 Å². The molecule has 0 saturated heterocycles. The Morgan fingerprint density at radius 3 is 2.53 bits per heavy atom. The highest BCUT2D eigenvalue weighted by molar-refractivity contribution is 5.28. The van der Waals surface area contributed by atoms with Crippen LogP contribution < -0.4 is 0 Å². The molecule has 0 amide bonds. The van der Waals surface area contributed by atoms with Gasteiger partial charge >= 0.3 is 0 Å². The van der Waals surface area contributed by atoms with Crippen LogP contribution in [-0.4, -0.2) is 11.5 Å². The lowest BCUT2D eigenvalue weighted by Crippen LogP contribution is -2.07. The average Bonchev–Trinajstić information content (AvgIpc) is 2.90. The molecule has 84 valence electrons. The summed E-state index contributed by atoms with van der Waals surface area (Å²) >= 11 is 0. The van der Waals surface area contributed by atoms with E-state index in [1.807, 2.05) is 18.3 Å². The van der Waals surface area contributed by atoms with Gasteiger partial charge in [-0.2, -0.15) is 10.2 Å². The van der Waals surface area contributed by atoms with Crippen LogP contribution in [0.1, 0.15) is 23.1 Å². The monoisotopic (exact) mass is 223 g/mol. The van der Waals surface area contributed by atoms with Crippen molar-refractivity contribution >= 4 is 0 Å². The standard InChI is InChI=1S/C14H13N3/c1-2-5-11(6-3-1)13-10-16-17-14(13)12-7-4-8-15-9-12/h1-9,13-14H,10H2. The lowest BCUT2D eigenvalue weighted by Gasteiger charge is -2.16. The molecule has 0 N–H and O–H groups in total. The highest BCUT2D eigenvalue weighted by Crippen LogP contribution is 2.38. The first-order chi connectivity index (χ1) is 8.45. The summed E-state index contributed by atoms with van der Waals surface area (Å²) in [7, 11) is 0. The van der Waals surface area contributed by atoms with Gasteiger partial charge in [0, 0.05) is 18.3 Å². The zero-order valence-corrected chi connectivity index (χ0v) is 9.40. The smallest absolute Gasteiger partial charge is 0.106 e. The van der Waals surface area contributed by atoms with Gasteiger partial charge < -0.3 is 0 Å². The molecule has 3 nitrogen and oxygen atoms in total. The molecule has 2 aromatic rings. The Morgan fingerprint density at radius 2 is 1.76 bits per heavy atom. The van der Waals surface area contributed by atoms with Crippen LogP contribution in [0, 0.1) is 0 Å². The van der Waals surface area contributed by atoms with Crippen molar-refractivity contribution in [1.82, 2.24) is 4.98 Å². The van der Waals surface area contributed by atoms with Crippen molar-refractivity contribution in [3.05, 3.63) is 66.0 Å². The topological polar surface area (TPSA) is 37.6 Å². The summed E-state index contributed by atoms with van der Waals surface area (Å²) in [6.07, 6.45) is 3.66. The molecule has 3 rings (SSSR count). The molecule has 3 heteroatoms. The van der Waals surface area contributed by atoms with Crippen LogP contribution in [0.3, 0.4) is 0 Å². The molecule has 17 heavy (non-hydrogen) atoms. The average molecular weight is 223 g/mol. The second-order valence-corrected chi connectivity index (χ2v) is 4.19. The lowest BCUT2D eigenvalue weighted by atomic mass is 9.89. The fourth-order valence-corrected chi connectivity index (χ4v) is 2.24. The molecule has 0 saturated carbocycles. The van der Waals surface area contributed by atoms with Gasteiger partial charge in [0.15, 0.2) is 0 Å². The van der Waals surface area contributed by atoms with Gasteiger partial charge in [0.05, 0.1) is 6.54 Å². The molecule has 0 spiro atoms. The molecule has 2 atom stereocenters. The highest BCUT2D eigenvalue weighted by atomic mass is 15.2. The van der Waals surface area contributed by atoms with E-state index in [1.54, 1.807) is 6.20 Å². The fourth-order valence-electron chi connectivity index (χ4n) is 2.24. The predicted octanol–water partition coefficient (Wildman–Crippen LogP) is 3.37. The van der Waals surface area contributed by atoms with Crippen LogP contribution in [-0.2, 0) is 0 Å². The zero-order valence-electron chi connectivity index (χ0n) is 9.40. The van der Waals surface area contributed by atoms with Crippen molar-refractivity contribution in [3.63, 3.8) is 0 Å². The van der Waals surface area contributed by atoms with Gasteiger partial charge in [-0.1, -0.05) is 36.4 Å². The van der Waals surface area contributed by atoms with E-state index in [2.05, 4.69) is 45.5 Å². The maximum absolute atomic E-state index is 4.35. The predicted molar refractivity (Wildman–Crippen MR) is 65.9 cm³/mol. The van der Waals surface area contributed by atoms with Crippen molar-refractivity contribution in [2.24, 2.45) is 10.2 Å². The molecule has 2 unspecified atom stereocenters. The van der Waals surface area contributed by atoms with Crippen LogP contribution in [0.5, 0.6) is 0 Å². The number of azo groups is 1. The summed E-state index contributed by atoms with van der Waals surface area (Å²) in [6, 6.07) is 14.6. The van der Waals surface area contributed by atoms with Crippen LogP contribution in [0.4, 0.5) is 0 Å². The normalized spacial score (nSPS) is 22.8. The van der Waals surface area contributed by atoms with Gasteiger partial charge in [-0.05, 0) is 17.2 Å². The summed E-state index contributed by atoms with van der Waals surface area (Å²) in [6.45, 7) is 0.767.